The monoisotopic (exact) mass is 462 g/mol. The summed E-state index contributed by atoms with van der Waals surface area (Å²) in [7, 11) is 6.18. The molecule has 4 atom stereocenters. The topological polar surface area (TPSA) is 71.1 Å². The molecule has 0 fully saturated rings. The van der Waals surface area contributed by atoms with Crippen LogP contribution in [0.1, 0.15) is 23.0 Å². The molecule has 2 aromatic rings. The van der Waals surface area contributed by atoms with Gasteiger partial charge in [0.15, 0.2) is 23.1 Å². The van der Waals surface area contributed by atoms with Gasteiger partial charge in [-0.15, -0.1) is 0 Å². The van der Waals surface area contributed by atoms with Gasteiger partial charge in [-0.3, -0.25) is 9.59 Å². The van der Waals surface area contributed by atoms with Gasteiger partial charge in [0.05, 0.1) is 11.8 Å². The van der Waals surface area contributed by atoms with E-state index in [1.165, 1.54) is 12.2 Å². The molecule has 0 saturated heterocycles. The van der Waals surface area contributed by atoms with Crippen LogP contribution in [0.4, 0.5) is 0 Å². The minimum absolute atomic E-state index is 0.172. The van der Waals surface area contributed by atoms with E-state index in [1.807, 2.05) is 60.7 Å². The van der Waals surface area contributed by atoms with E-state index < -0.39 is 35.2 Å². The zero-order chi connectivity index (χ0) is 24.3. The van der Waals surface area contributed by atoms with Gasteiger partial charge in [-0.1, -0.05) is 60.7 Å². The Balaban J connectivity index is 1.97. The highest BCUT2D eigenvalue weighted by Gasteiger charge is 2.58. The number of ketones is 2. The Morgan fingerprint density at radius 3 is 1.18 bits per heavy atom. The highest BCUT2D eigenvalue weighted by Crippen LogP contribution is 2.53. The third-order valence-electron chi connectivity index (χ3n) is 7.18. The second kappa shape index (κ2) is 9.76. The minimum Gasteiger partial charge on any atom is -0.349 e. The number of rotatable bonds is 7. The molecule has 6 nitrogen and oxygen atoms in total. The number of carbonyl (C=O) groups is 2. The summed E-state index contributed by atoms with van der Waals surface area (Å²) in [6, 6.07) is 19.1. The van der Waals surface area contributed by atoms with E-state index >= 15 is 0 Å². The van der Waals surface area contributed by atoms with Crippen molar-refractivity contribution < 1.29 is 28.5 Å². The molecule has 0 bridgehead atoms. The highest BCUT2D eigenvalue weighted by molar-refractivity contribution is 6.02. The molecule has 0 aliphatic heterocycles. The maximum atomic E-state index is 13.7. The largest absolute Gasteiger partial charge is 0.349 e. The lowest BCUT2D eigenvalue weighted by molar-refractivity contribution is -0.217. The van der Waals surface area contributed by atoms with Crippen molar-refractivity contribution in [2.75, 3.05) is 28.4 Å². The predicted octanol–water partition coefficient (Wildman–Crippen LogP) is 4.04. The number of ether oxygens (including phenoxy) is 4. The Morgan fingerprint density at radius 1 is 0.559 bits per heavy atom. The SMILES string of the molecule is COC1(OC)C=CC(=O)[C@@H]([C@@H]2C(=O)C=CC(OC)(OC)[C@H]2c2ccccc2)[C@@H]1c1ccccc1. The molecular formula is C28H30O6. The summed E-state index contributed by atoms with van der Waals surface area (Å²) in [5, 5.41) is 0. The molecule has 34 heavy (non-hydrogen) atoms. The number of allylic oxidation sites excluding steroid dienone is 2. The third kappa shape index (κ3) is 3.87. The van der Waals surface area contributed by atoms with Crippen LogP contribution in [-0.2, 0) is 28.5 Å². The van der Waals surface area contributed by atoms with Crippen molar-refractivity contribution in [3.05, 3.63) is 96.1 Å². The lowest BCUT2D eigenvalue weighted by Gasteiger charge is -2.49. The molecule has 0 spiro atoms. The van der Waals surface area contributed by atoms with E-state index in [4.69, 9.17) is 18.9 Å². The summed E-state index contributed by atoms with van der Waals surface area (Å²) < 4.78 is 23.6. The fourth-order valence-electron chi connectivity index (χ4n) is 5.57. The second-order valence-electron chi connectivity index (χ2n) is 8.56. The summed E-state index contributed by atoms with van der Waals surface area (Å²) in [4.78, 5) is 27.3. The highest BCUT2D eigenvalue weighted by atomic mass is 16.7. The Bertz CT molecular complexity index is 979. The summed E-state index contributed by atoms with van der Waals surface area (Å²) >= 11 is 0. The fourth-order valence-corrected chi connectivity index (χ4v) is 5.57. The number of benzene rings is 2. The Morgan fingerprint density at radius 2 is 0.882 bits per heavy atom. The molecular weight excluding hydrogens is 432 g/mol. The Kier molecular flexibility index (Phi) is 6.96. The second-order valence-corrected chi connectivity index (χ2v) is 8.56. The molecule has 2 aliphatic carbocycles. The van der Waals surface area contributed by atoms with Crippen LogP contribution in [0.5, 0.6) is 0 Å². The van der Waals surface area contributed by atoms with Crippen molar-refractivity contribution in [1.29, 1.82) is 0 Å². The first-order chi connectivity index (χ1) is 16.5. The molecule has 178 valence electrons. The number of methoxy groups -OCH3 is 4. The van der Waals surface area contributed by atoms with Crippen LogP contribution in [0, 0.1) is 11.8 Å². The lowest BCUT2D eigenvalue weighted by Crippen LogP contribution is -2.55. The molecule has 6 heteroatoms. The molecule has 2 aliphatic rings. The smallest absolute Gasteiger partial charge is 0.195 e. The number of hydrogen-bond donors (Lipinski definition) is 0. The van der Waals surface area contributed by atoms with Crippen LogP contribution >= 0.6 is 0 Å². The maximum Gasteiger partial charge on any atom is 0.195 e. The molecule has 0 amide bonds. The average Bonchev–Trinajstić information content (AvgIpc) is 2.90. The van der Waals surface area contributed by atoms with Gasteiger partial charge in [0, 0.05) is 40.3 Å². The van der Waals surface area contributed by atoms with Crippen LogP contribution in [0.2, 0.25) is 0 Å². The number of carbonyl (C=O) groups excluding carboxylic acids is 2. The predicted molar refractivity (Wildman–Crippen MR) is 127 cm³/mol. The molecule has 0 heterocycles. The van der Waals surface area contributed by atoms with Gasteiger partial charge in [-0.2, -0.15) is 0 Å². The first kappa shape index (κ1) is 24.2. The molecule has 0 unspecified atom stereocenters. The van der Waals surface area contributed by atoms with Crippen molar-refractivity contribution in [2.24, 2.45) is 11.8 Å². The lowest BCUT2D eigenvalue weighted by atomic mass is 9.60. The summed E-state index contributed by atoms with van der Waals surface area (Å²) in [5.74, 6) is -5.56. The van der Waals surface area contributed by atoms with Gasteiger partial charge in [0.25, 0.3) is 0 Å². The van der Waals surface area contributed by atoms with Crippen LogP contribution in [0.3, 0.4) is 0 Å². The van der Waals surface area contributed by atoms with Crippen LogP contribution in [-0.4, -0.2) is 51.6 Å². The fraction of sp³-hybridized carbons (Fsp3) is 0.357. The van der Waals surface area contributed by atoms with Crippen molar-refractivity contribution >= 4 is 11.6 Å². The van der Waals surface area contributed by atoms with Crippen molar-refractivity contribution in [2.45, 2.75) is 23.4 Å². The van der Waals surface area contributed by atoms with Crippen LogP contribution in [0.15, 0.2) is 85.0 Å². The average molecular weight is 463 g/mol. The van der Waals surface area contributed by atoms with Crippen LogP contribution < -0.4 is 0 Å². The molecule has 0 radical (unpaired) electrons. The number of hydrogen-bond acceptors (Lipinski definition) is 6. The Hall–Kier alpha value is -2.90. The third-order valence-corrected chi connectivity index (χ3v) is 7.18. The van der Waals surface area contributed by atoms with Gasteiger partial charge in [-0.05, 0) is 35.4 Å². The zero-order valence-corrected chi connectivity index (χ0v) is 19.8. The summed E-state index contributed by atoms with van der Waals surface area (Å²) in [6.07, 6.45) is 6.21. The zero-order valence-electron chi connectivity index (χ0n) is 19.8. The quantitative estimate of drug-likeness (QED) is 0.579. The summed E-state index contributed by atoms with van der Waals surface area (Å²) in [5.41, 5.74) is 1.67. The standard InChI is InChI=1S/C28H30O6/c1-31-27(32-2)17-15-21(29)23(25(27)19-11-7-5-8-12-19)24-22(30)16-18-28(33-3,34-4)26(24)20-13-9-6-10-14-20/h5-18,23-26H,1-4H3/t23-,24-,25-,26-/m0/s1. The van der Waals surface area contributed by atoms with E-state index in [-0.39, 0.29) is 11.6 Å². The van der Waals surface area contributed by atoms with E-state index in [1.54, 1.807) is 40.6 Å². The Labute approximate surface area is 200 Å². The van der Waals surface area contributed by atoms with E-state index in [0.29, 0.717) is 0 Å². The van der Waals surface area contributed by atoms with Gasteiger partial charge in [0.2, 0.25) is 0 Å². The van der Waals surface area contributed by atoms with E-state index in [0.717, 1.165) is 11.1 Å². The molecule has 0 aromatic heterocycles. The van der Waals surface area contributed by atoms with Gasteiger partial charge in [0.1, 0.15) is 0 Å². The first-order valence-corrected chi connectivity index (χ1v) is 11.2. The van der Waals surface area contributed by atoms with Gasteiger partial charge < -0.3 is 18.9 Å². The summed E-state index contributed by atoms with van der Waals surface area (Å²) in [6.45, 7) is 0. The van der Waals surface area contributed by atoms with Crippen molar-refractivity contribution in [3.8, 4) is 0 Å². The van der Waals surface area contributed by atoms with Crippen molar-refractivity contribution in [1.82, 2.24) is 0 Å². The molecule has 4 rings (SSSR count). The maximum absolute atomic E-state index is 13.7. The minimum atomic E-state index is -1.23. The molecule has 2 aromatic carbocycles. The van der Waals surface area contributed by atoms with E-state index in [2.05, 4.69) is 0 Å². The molecule has 0 saturated carbocycles. The van der Waals surface area contributed by atoms with Gasteiger partial charge in [-0.25, -0.2) is 0 Å². The van der Waals surface area contributed by atoms with Crippen molar-refractivity contribution in [3.63, 3.8) is 0 Å². The normalized spacial score (nSPS) is 27.6. The van der Waals surface area contributed by atoms with Crippen LogP contribution in [0.25, 0.3) is 0 Å². The van der Waals surface area contributed by atoms with Gasteiger partial charge >= 0.3 is 0 Å². The molecule has 0 N–H and O–H groups in total. The van der Waals surface area contributed by atoms with E-state index in [9.17, 15) is 9.59 Å². The first-order valence-electron chi connectivity index (χ1n) is 11.2.